The summed E-state index contributed by atoms with van der Waals surface area (Å²) in [6.45, 7) is 2.48. The first kappa shape index (κ1) is 12.5. The first-order chi connectivity index (χ1) is 7.27. The Morgan fingerprint density at radius 1 is 1.40 bits per heavy atom. The van der Waals surface area contributed by atoms with Crippen molar-refractivity contribution in [2.75, 3.05) is 6.54 Å². The van der Waals surface area contributed by atoms with Crippen molar-refractivity contribution in [3.63, 3.8) is 0 Å². The highest BCUT2D eigenvalue weighted by Crippen LogP contribution is 2.21. The summed E-state index contributed by atoms with van der Waals surface area (Å²) < 4.78 is 5.48. The van der Waals surface area contributed by atoms with Gasteiger partial charge < -0.3 is 10.5 Å². The van der Waals surface area contributed by atoms with Crippen molar-refractivity contribution in [2.24, 2.45) is 11.7 Å². The van der Waals surface area contributed by atoms with Gasteiger partial charge in [-0.25, -0.2) is 0 Å². The molecule has 0 aliphatic heterocycles. The van der Waals surface area contributed by atoms with E-state index < -0.39 is 0 Å². The molecule has 1 fully saturated rings. The Labute approximate surface area is 92.4 Å². The van der Waals surface area contributed by atoms with Crippen molar-refractivity contribution in [1.82, 2.24) is 0 Å². The lowest BCUT2D eigenvalue weighted by molar-refractivity contribution is -0.155. The van der Waals surface area contributed by atoms with E-state index in [9.17, 15) is 4.79 Å². The third-order valence-electron chi connectivity index (χ3n) is 3.09. The fourth-order valence-electron chi connectivity index (χ4n) is 2.12. The third kappa shape index (κ3) is 4.20. The average Bonchev–Trinajstić information content (AvgIpc) is 2.27. The Bertz CT molecular complexity index is 188. The SMILES string of the molecule is CCCC(CN)C(=O)OC1CCCCC1. The van der Waals surface area contributed by atoms with Crippen LogP contribution in [0.2, 0.25) is 0 Å². The van der Waals surface area contributed by atoms with Gasteiger partial charge in [-0.3, -0.25) is 4.79 Å². The molecule has 1 aliphatic rings. The number of hydrogen-bond acceptors (Lipinski definition) is 3. The molecular weight excluding hydrogens is 190 g/mol. The highest BCUT2D eigenvalue weighted by molar-refractivity contribution is 5.72. The van der Waals surface area contributed by atoms with Crippen molar-refractivity contribution >= 4 is 5.97 Å². The van der Waals surface area contributed by atoms with Crippen LogP contribution in [0, 0.1) is 5.92 Å². The first-order valence-corrected chi connectivity index (χ1v) is 6.18. The molecule has 0 spiro atoms. The van der Waals surface area contributed by atoms with Gasteiger partial charge in [-0.05, 0) is 32.1 Å². The molecule has 1 saturated carbocycles. The summed E-state index contributed by atoms with van der Waals surface area (Å²) in [6, 6.07) is 0. The van der Waals surface area contributed by atoms with Gasteiger partial charge in [-0.15, -0.1) is 0 Å². The van der Waals surface area contributed by atoms with E-state index in [0.717, 1.165) is 25.7 Å². The van der Waals surface area contributed by atoms with Crippen LogP contribution in [-0.4, -0.2) is 18.6 Å². The lowest BCUT2D eigenvalue weighted by atomic mass is 9.97. The lowest BCUT2D eigenvalue weighted by Crippen LogP contribution is -2.30. The van der Waals surface area contributed by atoms with Crippen LogP contribution in [0.25, 0.3) is 0 Å². The molecule has 3 nitrogen and oxygen atoms in total. The Hall–Kier alpha value is -0.570. The second-order valence-electron chi connectivity index (χ2n) is 4.42. The topological polar surface area (TPSA) is 52.3 Å². The van der Waals surface area contributed by atoms with Crippen molar-refractivity contribution in [3.05, 3.63) is 0 Å². The quantitative estimate of drug-likeness (QED) is 0.712. The zero-order chi connectivity index (χ0) is 11.1. The molecule has 0 aromatic carbocycles. The maximum absolute atomic E-state index is 11.7. The minimum Gasteiger partial charge on any atom is -0.462 e. The number of hydrogen-bond donors (Lipinski definition) is 1. The van der Waals surface area contributed by atoms with E-state index in [-0.39, 0.29) is 18.0 Å². The second kappa shape index (κ2) is 6.83. The van der Waals surface area contributed by atoms with Gasteiger partial charge in [0, 0.05) is 6.54 Å². The first-order valence-electron chi connectivity index (χ1n) is 6.18. The van der Waals surface area contributed by atoms with Crippen LogP contribution in [0.3, 0.4) is 0 Å². The number of carbonyl (C=O) groups is 1. The number of ether oxygens (including phenoxy) is 1. The van der Waals surface area contributed by atoms with Gasteiger partial charge in [0.2, 0.25) is 0 Å². The summed E-state index contributed by atoms with van der Waals surface area (Å²) in [5.74, 6) is -0.164. The van der Waals surface area contributed by atoms with E-state index in [1.165, 1.54) is 19.3 Å². The van der Waals surface area contributed by atoms with Crippen molar-refractivity contribution < 1.29 is 9.53 Å². The van der Waals surface area contributed by atoms with Crippen molar-refractivity contribution in [1.29, 1.82) is 0 Å². The molecule has 1 aliphatic carbocycles. The molecule has 0 heterocycles. The lowest BCUT2D eigenvalue weighted by Gasteiger charge is -2.24. The number of nitrogens with two attached hydrogens (primary N) is 1. The van der Waals surface area contributed by atoms with Crippen LogP contribution in [-0.2, 0) is 9.53 Å². The minimum atomic E-state index is -0.0862. The minimum absolute atomic E-state index is 0.0775. The molecule has 0 aromatic rings. The summed E-state index contributed by atoms with van der Waals surface area (Å²) in [5, 5.41) is 0. The fraction of sp³-hybridized carbons (Fsp3) is 0.917. The van der Waals surface area contributed by atoms with Crippen LogP contribution < -0.4 is 5.73 Å². The molecule has 1 rings (SSSR count). The number of esters is 1. The molecule has 2 N–H and O–H groups in total. The highest BCUT2D eigenvalue weighted by atomic mass is 16.5. The normalized spacial score (nSPS) is 19.9. The monoisotopic (exact) mass is 213 g/mol. The summed E-state index contributed by atoms with van der Waals surface area (Å²) in [5.41, 5.74) is 5.56. The maximum atomic E-state index is 11.7. The van der Waals surface area contributed by atoms with Crippen LogP contribution in [0.5, 0.6) is 0 Å². The number of carbonyl (C=O) groups excluding carboxylic acids is 1. The molecule has 3 heteroatoms. The zero-order valence-corrected chi connectivity index (χ0v) is 9.71. The van der Waals surface area contributed by atoms with Gasteiger partial charge in [-0.1, -0.05) is 19.8 Å². The van der Waals surface area contributed by atoms with E-state index in [0.29, 0.717) is 6.54 Å². The van der Waals surface area contributed by atoms with E-state index >= 15 is 0 Å². The smallest absolute Gasteiger partial charge is 0.310 e. The fourth-order valence-corrected chi connectivity index (χ4v) is 2.12. The molecule has 0 aromatic heterocycles. The molecule has 0 bridgehead atoms. The van der Waals surface area contributed by atoms with Crippen LogP contribution in [0.1, 0.15) is 51.9 Å². The Kier molecular flexibility index (Phi) is 5.69. The Balaban J connectivity index is 2.31. The maximum Gasteiger partial charge on any atom is 0.310 e. The standard InChI is InChI=1S/C12H23NO2/c1-2-6-10(9-13)12(14)15-11-7-4-3-5-8-11/h10-11H,2-9,13H2,1H3. The largest absolute Gasteiger partial charge is 0.462 e. The molecule has 1 unspecified atom stereocenters. The van der Waals surface area contributed by atoms with Gasteiger partial charge in [0.25, 0.3) is 0 Å². The van der Waals surface area contributed by atoms with Crippen LogP contribution in [0.15, 0.2) is 0 Å². The third-order valence-corrected chi connectivity index (χ3v) is 3.09. The molecule has 88 valence electrons. The van der Waals surface area contributed by atoms with Gasteiger partial charge in [0.1, 0.15) is 6.10 Å². The predicted molar refractivity (Wildman–Crippen MR) is 60.4 cm³/mol. The predicted octanol–water partition coefficient (Wildman–Crippen LogP) is 2.24. The molecule has 0 radical (unpaired) electrons. The number of rotatable bonds is 5. The van der Waals surface area contributed by atoms with Crippen molar-refractivity contribution in [2.45, 2.75) is 58.0 Å². The van der Waals surface area contributed by atoms with E-state index in [1.54, 1.807) is 0 Å². The van der Waals surface area contributed by atoms with E-state index in [4.69, 9.17) is 10.5 Å². The van der Waals surface area contributed by atoms with E-state index in [1.807, 2.05) is 0 Å². The molecule has 0 amide bonds. The highest BCUT2D eigenvalue weighted by Gasteiger charge is 2.22. The molecular formula is C12H23NO2. The summed E-state index contributed by atoms with van der Waals surface area (Å²) >= 11 is 0. The average molecular weight is 213 g/mol. The van der Waals surface area contributed by atoms with Gasteiger partial charge in [0.05, 0.1) is 5.92 Å². The van der Waals surface area contributed by atoms with E-state index in [2.05, 4.69) is 6.92 Å². The summed E-state index contributed by atoms with van der Waals surface area (Å²) in [4.78, 5) is 11.7. The summed E-state index contributed by atoms with van der Waals surface area (Å²) in [6.07, 6.45) is 7.74. The zero-order valence-electron chi connectivity index (χ0n) is 9.71. The van der Waals surface area contributed by atoms with Crippen LogP contribution >= 0.6 is 0 Å². The summed E-state index contributed by atoms with van der Waals surface area (Å²) in [7, 11) is 0. The second-order valence-corrected chi connectivity index (χ2v) is 4.42. The van der Waals surface area contributed by atoms with Crippen molar-refractivity contribution in [3.8, 4) is 0 Å². The Morgan fingerprint density at radius 2 is 2.07 bits per heavy atom. The van der Waals surface area contributed by atoms with Gasteiger partial charge in [0.15, 0.2) is 0 Å². The molecule has 15 heavy (non-hydrogen) atoms. The van der Waals surface area contributed by atoms with Gasteiger partial charge in [-0.2, -0.15) is 0 Å². The van der Waals surface area contributed by atoms with Crippen LogP contribution in [0.4, 0.5) is 0 Å². The molecule has 1 atom stereocenters. The molecule has 0 saturated heterocycles. The Morgan fingerprint density at radius 3 is 2.60 bits per heavy atom. The van der Waals surface area contributed by atoms with Gasteiger partial charge >= 0.3 is 5.97 Å².